The van der Waals surface area contributed by atoms with Crippen LogP contribution in [0.5, 0.6) is 0 Å². The Labute approximate surface area is 183 Å². The van der Waals surface area contributed by atoms with E-state index in [9.17, 15) is 32.3 Å². The molecule has 0 fully saturated rings. The van der Waals surface area contributed by atoms with Gasteiger partial charge in [-0.25, -0.2) is 9.18 Å². The van der Waals surface area contributed by atoms with Gasteiger partial charge in [0.05, 0.1) is 23.8 Å². The smallest absolute Gasteiger partial charge is 0.365 e. The first kappa shape index (κ1) is 22.3. The van der Waals surface area contributed by atoms with E-state index < -0.39 is 36.2 Å². The molecule has 14 heteroatoms. The number of hydrogen-bond donors (Lipinski definition) is 3. The normalized spacial score (nSPS) is 21.2. The average Bonchev–Trinajstić information content (AvgIpc) is 3.01. The number of carbonyl (C=O) groups excluding carboxylic acids is 2. The summed E-state index contributed by atoms with van der Waals surface area (Å²) in [5.74, 6) is -1.49. The molecule has 9 nitrogen and oxygen atoms in total. The van der Waals surface area contributed by atoms with Crippen LogP contribution < -0.4 is 10.7 Å². The van der Waals surface area contributed by atoms with Gasteiger partial charge in [0.2, 0.25) is 5.72 Å². The van der Waals surface area contributed by atoms with E-state index in [4.69, 9.17) is 11.6 Å². The first-order valence-electron chi connectivity index (χ1n) is 9.34. The largest absolute Gasteiger partial charge is 0.434 e. The predicted molar refractivity (Wildman–Crippen MR) is 103 cm³/mol. The SMILES string of the molecule is CN1NC(O)(C(F)(F)F)Cn2nc3c(c2C1=O)CN(C(=O)Nc1ccc(F)c(Cl)c1)CC3. The van der Waals surface area contributed by atoms with Gasteiger partial charge in [0.15, 0.2) is 0 Å². The molecule has 3 heterocycles. The maximum atomic E-state index is 13.4. The number of urea groups is 1. The molecule has 0 saturated heterocycles. The highest BCUT2D eigenvalue weighted by atomic mass is 35.5. The van der Waals surface area contributed by atoms with Gasteiger partial charge in [-0.2, -0.15) is 23.7 Å². The summed E-state index contributed by atoms with van der Waals surface area (Å²) in [4.78, 5) is 26.8. The molecule has 2 aliphatic heterocycles. The first-order valence-corrected chi connectivity index (χ1v) is 9.72. The maximum Gasteiger partial charge on any atom is 0.434 e. The van der Waals surface area contributed by atoms with Crippen LogP contribution in [0.25, 0.3) is 0 Å². The van der Waals surface area contributed by atoms with Gasteiger partial charge in [-0.3, -0.25) is 14.5 Å². The average molecular weight is 477 g/mol. The number of hydrazine groups is 1. The minimum absolute atomic E-state index is 0.102. The molecule has 1 atom stereocenters. The lowest BCUT2D eigenvalue weighted by Gasteiger charge is -2.32. The van der Waals surface area contributed by atoms with Gasteiger partial charge in [-0.05, 0) is 18.2 Å². The number of rotatable bonds is 1. The van der Waals surface area contributed by atoms with Crippen LogP contribution in [-0.2, 0) is 19.5 Å². The number of aromatic nitrogens is 2. The van der Waals surface area contributed by atoms with E-state index in [2.05, 4.69) is 10.4 Å². The highest BCUT2D eigenvalue weighted by Gasteiger charge is 2.57. The summed E-state index contributed by atoms with van der Waals surface area (Å²) in [7, 11) is 1.06. The summed E-state index contributed by atoms with van der Waals surface area (Å²) in [6.07, 6.45) is -4.90. The second-order valence-electron chi connectivity index (χ2n) is 7.50. The van der Waals surface area contributed by atoms with Crippen LogP contribution in [0.4, 0.5) is 28.0 Å². The maximum absolute atomic E-state index is 13.4. The van der Waals surface area contributed by atoms with Crippen LogP contribution >= 0.6 is 11.6 Å². The van der Waals surface area contributed by atoms with E-state index in [1.165, 1.54) is 17.0 Å². The Morgan fingerprint density at radius 3 is 2.75 bits per heavy atom. The summed E-state index contributed by atoms with van der Waals surface area (Å²) in [5, 5.41) is 17.2. The molecule has 172 valence electrons. The molecule has 2 aliphatic rings. The Balaban J connectivity index is 1.61. The molecule has 0 radical (unpaired) electrons. The monoisotopic (exact) mass is 476 g/mol. The first-order chi connectivity index (χ1) is 14.9. The molecule has 0 saturated carbocycles. The van der Waals surface area contributed by atoms with Gasteiger partial charge in [0.25, 0.3) is 5.91 Å². The van der Waals surface area contributed by atoms with Gasteiger partial charge in [-0.15, -0.1) is 0 Å². The topological polar surface area (TPSA) is 103 Å². The number of hydrogen-bond acceptors (Lipinski definition) is 5. The van der Waals surface area contributed by atoms with Crippen molar-refractivity contribution in [3.05, 3.63) is 46.0 Å². The van der Waals surface area contributed by atoms with Crippen LogP contribution in [0.1, 0.15) is 21.7 Å². The van der Waals surface area contributed by atoms with Crippen molar-refractivity contribution in [3.63, 3.8) is 0 Å². The van der Waals surface area contributed by atoms with Crippen molar-refractivity contribution in [1.29, 1.82) is 0 Å². The fourth-order valence-electron chi connectivity index (χ4n) is 3.62. The van der Waals surface area contributed by atoms with Crippen LogP contribution in [0.2, 0.25) is 5.02 Å². The van der Waals surface area contributed by atoms with Crippen molar-refractivity contribution >= 4 is 29.2 Å². The molecule has 0 bridgehead atoms. The highest BCUT2D eigenvalue weighted by molar-refractivity contribution is 6.31. The van der Waals surface area contributed by atoms with E-state index in [1.54, 1.807) is 5.43 Å². The molecule has 0 aliphatic carbocycles. The van der Waals surface area contributed by atoms with Crippen LogP contribution in [0.15, 0.2) is 18.2 Å². The zero-order valence-corrected chi connectivity index (χ0v) is 17.3. The number of nitrogens with one attached hydrogen (secondary N) is 2. The Hall–Kier alpha value is -2.90. The fourth-order valence-corrected chi connectivity index (χ4v) is 3.80. The van der Waals surface area contributed by atoms with E-state index in [1.807, 2.05) is 0 Å². The minimum Gasteiger partial charge on any atom is -0.365 e. The second kappa shape index (κ2) is 7.60. The van der Waals surface area contributed by atoms with Gasteiger partial charge < -0.3 is 15.3 Å². The van der Waals surface area contributed by atoms with Crippen LogP contribution in [0, 0.1) is 5.82 Å². The third-order valence-corrected chi connectivity index (χ3v) is 5.56. The number of benzene rings is 1. The van der Waals surface area contributed by atoms with Crippen molar-refractivity contribution in [2.24, 2.45) is 0 Å². The minimum atomic E-state index is -5.09. The fraction of sp³-hybridized carbons (Fsp3) is 0.389. The number of alkyl halides is 3. The summed E-state index contributed by atoms with van der Waals surface area (Å²) >= 11 is 5.72. The van der Waals surface area contributed by atoms with Crippen molar-refractivity contribution in [2.75, 3.05) is 18.9 Å². The standard InChI is InChI=1S/C18H17ClF4N6O3/c1-27-15(30)14-10-7-28(16(31)24-9-2-3-12(20)11(19)6-9)5-4-13(10)25-29(14)8-17(32,26-27)18(21,22)23/h2-3,6,26,32H,4-5,7-8H2,1H3,(H,24,31). The summed E-state index contributed by atoms with van der Waals surface area (Å²) < 4.78 is 54.4. The number of amides is 3. The molecule has 2 aromatic rings. The van der Waals surface area contributed by atoms with Crippen molar-refractivity contribution in [2.45, 2.75) is 31.4 Å². The van der Waals surface area contributed by atoms with Gasteiger partial charge in [0, 0.05) is 31.3 Å². The molecule has 0 spiro atoms. The summed E-state index contributed by atoms with van der Waals surface area (Å²) in [6, 6.07) is 3.08. The number of aliphatic hydroxyl groups is 1. The number of halogens is 5. The zero-order valence-electron chi connectivity index (χ0n) is 16.5. The molecule has 3 N–H and O–H groups in total. The number of anilines is 1. The van der Waals surface area contributed by atoms with E-state index in [0.717, 1.165) is 17.8 Å². The third kappa shape index (κ3) is 3.76. The summed E-state index contributed by atoms with van der Waals surface area (Å²) in [5.41, 5.74) is -0.888. The van der Waals surface area contributed by atoms with Crippen LogP contribution in [0.3, 0.4) is 0 Å². The van der Waals surface area contributed by atoms with E-state index >= 15 is 0 Å². The molecule has 1 aromatic heterocycles. The Morgan fingerprint density at radius 1 is 1.38 bits per heavy atom. The molecule has 32 heavy (non-hydrogen) atoms. The van der Waals surface area contributed by atoms with Crippen molar-refractivity contribution in [1.82, 2.24) is 25.1 Å². The highest BCUT2D eigenvalue weighted by Crippen LogP contribution is 2.34. The lowest BCUT2D eigenvalue weighted by atomic mass is 10.1. The number of fused-ring (bicyclic) bond motifs is 3. The lowest BCUT2D eigenvalue weighted by molar-refractivity contribution is -0.289. The second-order valence-corrected chi connectivity index (χ2v) is 7.90. The van der Waals surface area contributed by atoms with Gasteiger partial charge >= 0.3 is 12.2 Å². The predicted octanol–water partition coefficient (Wildman–Crippen LogP) is 2.11. The van der Waals surface area contributed by atoms with E-state index in [-0.39, 0.29) is 41.5 Å². The van der Waals surface area contributed by atoms with Crippen molar-refractivity contribution < 1.29 is 32.3 Å². The Kier molecular flexibility index (Phi) is 5.30. The molecular weight excluding hydrogens is 460 g/mol. The summed E-state index contributed by atoms with van der Waals surface area (Å²) in [6.45, 7) is -0.972. The number of carbonyl (C=O) groups is 2. The number of nitrogens with zero attached hydrogens (tertiary/aromatic N) is 4. The zero-order chi connectivity index (χ0) is 23.4. The van der Waals surface area contributed by atoms with Crippen molar-refractivity contribution in [3.8, 4) is 0 Å². The van der Waals surface area contributed by atoms with Gasteiger partial charge in [0.1, 0.15) is 11.5 Å². The van der Waals surface area contributed by atoms with Gasteiger partial charge in [-0.1, -0.05) is 11.6 Å². The molecule has 1 unspecified atom stereocenters. The third-order valence-electron chi connectivity index (χ3n) is 5.27. The lowest BCUT2D eigenvalue weighted by Crippen LogP contribution is -2.63. The Morgan fingerprint density at radius 2 is 2.09 bits per heavy atom. The molecule has 1 aromatic carbocycles. The molecular formula is C18H17ClF4N6O3. The van der Waals surface area contributed by atoms with E-state index in [0.29, 0.717) is 10.7 Å². The molecule has 4 rings (SSSR count). The molecule has 3 amide bonds. The Bertz CT molecular complexity index is 1110. The quantitative estimate of drug-likeness (QED) is 0.547. The van der Waals surface area contributed by atoms with Crippen LogP contribution in [-0.4, -0.2) is 62.2 Å².